The summed E-state index contributed by atoms with van der Waals surface area (Å²) in [7, 11) is 0. The van der Waals surface area contributed by atoms with Gasteiger partial charge < -0.3 is 14.7 Å². The molecule has 1 amide bonds. The number of rotatable bonds is 4. The van der Waals surface area contributed by atoms with E-state index < -0.39 is 5.60 Å². The molecule has 0 aromatic carbocycles. The van der Waals surface area contributed by atoms with Crippen molar-refractivity contribution >= 4 is 17.4 Å². The molecule has 1 saturated heterocycles. The van der Waals surface area contributed by atoms with Gasteiger partial charge in [0.2, 0.25) is 0 Å². The van der Waals surface area contributed by atoms with Crippen molar-refractivity contribution in [3.8, 4) is 0 Å². The highest BCUT2D eigenvalue weighted by atomic mass is 32.1. The Morgan fingerprint density at radius 3 is 2.95 bits per heavy atom. The molecule has 21 heavy (non-hydrogen) atoms. The normalized spacial score (nSPS) is 20.6. The van der Waals surface area contributed by atoms with Crippen LogP contribution in [0.5, 0.6) is 0 Å². The van der Waals surface area contributed by atoms with E-state index in [2.05, 4.69) is 11.4 Å². The predicted molar refractivity (Wildman–Crippen MR) is 84.6 cm³/mol. The van der Waals surface area contributed by atoms with Crippen LogP contribution in [-0.2, 0) is 11.2 Å². The Balaban J connectivity index is 1.77. The summed E-state index contributed by atoms with van der Waals surface area (Å²) in [5, 5.41) is 12.4. The van der Waals surface area contributed by atoms with E-state index in [0.717, 1.165) is 19.3 Å². The Hall–Kier alpha value is -1.07. The molecule has 2 heterocycles. The molecule has 1 fully saturated rings. The highest BCUT2D eigenvalue weighted by Gasteiger charge is 2.33. The molecular weight excluding hydrogens is 286 g/mol. The van der Waals surface area contributed by atoms with Crippen LogP contribution in [0.15, 0.2) is 17.5 Å². The number of aryl methyl sites for hydroxylation is 1. The van der Waals surface area contributed by atoms with Gasteiger partial charge in [-0.05, 0) is 51.5 Å². The van der Waals surface area contributed by atoms with E-state index in [1.165, 1.54) is 4.88 Å². The molecular formula is C16H25NO3S. The molecule has 0 aliphatic carbocycles. The van der Waals surface area contributed by atoms with Crippen LogP contribution in [0.3, 0.4) is 0 Å². The van der Waals surface area contributed by atoms with Crippen LogP contribution in [0.1, 0.15) is 38.5 Å². The average molecular weight is 311 g/mol. The van der Waals surface area contributed by atoms with Gasteiger partial charge in [0.25, 0.3) is 0 Å². The maximum atomic E-state index is 12.0. The van der Waals surface area contributed by atoms with E-state index in [-0.39, 0.29) is 18.1 Å². The Labute approximate surface area is 130 Å². The van der Waals surface area contributed by atoms with Crippen molar-refractivity contribution < 1.29 is 14.6 Å². The number of carbonyl (C=O) groups excluding carboxylic acids is 1. The fourth-order valence-electron chi connectivity index (χ4n) is 2.57. The minimum atomic E-state index is -0.465. The third-order valence-corrected chi connectivity index (χ3v) is 4.62. The molecule has 118 valence electrons. The summed E-state index contributed by atoms with van der Waals surface area (Å²) in [5.41, 5.74) is -0.465. The molecule has 1 aliphatic heterocycles. The van der Waals surface area contributed by atoms with Gasteiger partial charge in [0.05, 0.1) is 6.10 Å². The summed E-state index contributed by atoms with van der Waals surface area (Å²) in [5.74, 6) is 0.164. The zero-order chi connectivity index (χ0) is 15.5. The van der Waals surface area contributed by atoms with Gasteiger partial charge in [0.15, 0.2) is 0 Å². The lowest BCUT2D eigenvalue weighted by molar-refractivity contribution is 0.0266. The van der Waals surface area contributed by atoms with Crippen LogP contribution in [0.4, 0.5) is 4.79 Å². The summed E-state index contributed by atoms with van der Waals surface area (Å²) in [4.78, 5) is 15.0. The van der Waals surface area contributed by atoms with Crippen LogP contribution in [0, 0.1) is 5.92 Å². The molecule has 0 radical (unpaired) electrons. The second-order valence-electron chi connectivity index (χ2n) is 6.66. The molecule has 5 heteroatoms. The smallest absolute Gasteiger partial charge is 0.410 e. The van der Waals surface area contributed by atoms with Crippen molar-refractivity contribution in [3.05, 3.63) is 22.4 Å². The summed E-state index contributed by atoms with van der Waals surface area (Å²) >= 11 is 1.72. The first-order valence-electron chi connectivity index (χ1n) is 7.53. The predicted octanol–water partition coefficient (Wildman–Crippen LogP) is 3.30. The number of thiophene rings is 1. The Kier molecular flexibility index (Phi) is 5.27. The first-order valence-corrected chi connectivity index (χ1v) is 8.41. The SMILES string of the molecule is CC(C)(C)OC(=O)N1CCC(C(O)CCc2cccs2)C1. The number of nitrogens with zero attached hydrogens (tertiary/aromatic N) is 1. The van der Waals surface area contributed by atoms with E-state index in [1.807, 2.05) is 26.8 Å². The number of hydrogen-bond acceptors (Lipinski definition) is 4. The fraction of sp³-hybridized carbons (Fsp3) is 0.688. The summed E-state index contributed by atoms with van der Waals surface area (Å²) in [6.45, 7) is 6.88. The monoisotopic (exact) mass is 311 g/mol. The third-order valence-electron chi connectivity index (χ3n) is 3.69. The summed E-state index contributed by atoms with van der Waals surface area (Å²) in [6.07, 6.45) is 1.90. The van der Waals surface area contributed by atoms with Gasteiger partial charge in [-0.3, -0.25) is 0 Å². The zero-order valence-corrected chi connectivity index (χ0v) is 13.9. The molecule has 0 bridgehead atoms. The molecule has 2 rings (SSSR count). The van der Waals surface area contributed by atoms with Gasteiger partial charge in [-0.15, -0.1) is 11.3 Å². The first-order chi connectivity index (χ1) is 9.85. The Morgan fingerprint density at radius 2 is 2.33 bits per heavy atom. The topological polar surface area (TPSA) is 49.8 Å². The van der Waals surface area contributed by atoms with Crippen LogP contribution in [0.25, 0.3) is 0 Å². The van der Waals surface area contributed by atoms with Crippen LogP contribution in [0.2, 0.25) is 0 Å². The number of hydrogen-bond donors (Lipinski definition) is 1. The lowest BCUT2D eigenvalue weighted by Crippen LogP contribution is -2.36. The zero-order valence-electron chi connectivity index (χ0n) is 13.0. The molecule has 2 unspecified atom stereocenters. The number of likely N-dealkylation sites (tertiary alicyclic amines) is 1. The van der Waals surface area contributed by atoms with Crippen molar-refractivity contribution in [2.45, 2.75) is 51.7 Å². The van der Waals surface area contributed by atoms with E-state index in [4.69, 9.17) is 4.74 Å². The second kappa shape index (κ2) is 6.79. The van der Waals surface area contributed by atoms with E-state index in [0.29, 0.717) is 13.1 Å². The number of amides is 1. The van der Waals surface area contributed by atoms with Gasteiger partial charge >= 0.3 is 6.09 Å². The van der Waals surface area contributed by atoms with Gasteiger partial charge in [0.1, 0.15) is 5.60 Å². The van der Waals surface area contributed by atoms with Gasteiger partial charge in [0, 0.05) is 23.9 Å². The molecule has 1 aromatic rings. The number of carbonyl (C=O) groups is 1. The molecule has 2 atom stereocenters. The minimum Gasteiger partial charge on any atom is -0.444 e. The number of aliphatic hydroxyl groups is 1. The summed E-state index contributed by atoms with van der Waals surface area (Å²) < 4.78 is 5.38. The lowest BCUT2D eigenvalue weighted by atomic mass is 9.97. The van der Waals surface area contributed by atoms with Crippen LogP contribution in [-0.4, -0.2) is 40.9 Å². The second-order valence-corrected chi connectivity index (χ2v) is 7.69. The van der Waals surface area contributed by atoms with Crippen molar-refractivity contribution in [3.63, 3.8) is 0 Å². The lowest BCUT2D eigenvalue weighted by Gasteiger charge is -2.25. The summed E-state index contributed by atoms with van der Waals surface area (Å²) in [6, 6.07) is 4.13. The van der Waals surface area contributed by atoms with E-state index in [9.17, 15) is 9.90 Å². The minimum absolute atomic E-state index is 0.164. The maximum absolute atomic E-state index is 12.0. The molecule has 4 nitrogen and oxygen atoms in total. The van der Waals surface area contributed by atoms with Gasteiger partial charge in [-0.2, -0.15) is 0 Å². The highest BCUT2D eigenvalue weighted by Crippen LogP contribution is 2.25. The first kappa shape index (κ1) is 16.3. The largest absolute Gasteiger partial charge is 0.444 e. The molecule has 1 aromatic heterocycles. The van der Waals surface area contributed by atoms with Crippen molar-refractivity contribution in [1.82, 2.24) is 4.90 Å². The molecule has 0 saturated carbocycles. The van der Waals surface area contributed by atoms with Crippen molar-refractivity contribution in [1.29, 1.82) is 0 Å². The standard InChI is InChI=1S/C16H25NO3S/c1-16(2,3)20-15(19)17-9-8-12(11-17)14(18)7-6-13-5-4-10-21-13/h4-5,10,12,14,18H,6-9,11H2,1-3H3. The fourth-order valence-corrected chi connectivity index (χ4v) is 3.30. The molecule has 0 spiro atoms. The van der Waals surface area contributed by atoms with Gasteiger partial charge in [-0.1, -0.05) is 6.07 Å². The van der Waals surface area contributed by atoms with Crippen LogP contribution >= 0.6 is 11.3 Å². The third kappa shape index (κ3) is 5.00. The molecule has 1 N–H and O–H groups in total. The quantitative estimate of drug-likeness (QED) is 0.928. The molecule has 1 aliphatic rings. The average Bonchev–Trinajstić information content (AvgIpc) is 3.05. The maximum Gasteiger partial charge on any atom is 0.410 e. The Bertz CT molecular complexity index is 453. The van der Waals surface area contributed by atoms with Crippen LogP contribution < -0.4 is 0 Å². The highest BCUT2D eigenvalue weighted by molar-refractivity contribution is 7.09. The van der Waals surface area contributed by atoms with E-state index >= 15 is 0 Å². The van der Waals surface area contributed by atoms with E-state index in [1.54, 1.807) is 16.2 Å². The Morgan fingerprint density at radius 1 is 1.57 bits per heavy atom. The number of aliphatic hydroxyl groups excluding tert-OH is 1. The van der Waals surface area contributed by atoms with Crippen molar-refractivity contribution in [2.24, 2.45) is 5.92 Å². The van der Waals surface area contributed by atoms with Gasteiger partial charge in [-0.25, -0.2) is 4.79 Å². The number of ether oxygens (including phenoxy) is 1. The van der Waals surface area contributed by atoms with Crippen molar-refractivity contribution in [2.75, 3.05) is 13.1 Å².